The number of aryl methyl sites for hydroxylation is 2. The van der Waals surface area contributed by atoms with Crippen molar-refractivity contribution in [2.75, 3.05) is 13.1 Å². The van der Waals surface area contributed by atoms with Gasteiger partial charge in [-0.2, -0.15) is 17.5 Å². The molecule has 0 aliphatic carbocycles. The van der Waals surface area contributed by atoms with E-state index in [0.717, 1.165) is 12.1 Å². The Morgan fingerprint density at radius 2 is 1.77 bits per heavy atom. The summed E-state index contributed by atoms with van der Waals surface area (Å²) in [5.41, 5.74) is -0.352. The maximum atomic E-state index is 13.1. The van der Waals surface area contributed by atoms with E-state index in [9.17, 15) is 36.5 Å². The number of carboxylic acid groups (broad SMARTS) is 1. The van der Waals surface area contributed by atoms with Crippen LogP contribution in [-0.2, 0) is 14.8 Å². The summed E-state index contributed by atoms with van der Waals surface area (Å²) >= 11 is 0. The highest BCUT2D eigenvalue weighted by Crippen LogP contribution is 2.40. The molecule has 0 bridgehead atoms. The van der Waals surface area contributed by atoms with Crippen molar-refractivity contribution in [3.8, 4) is 0 Å². The summed E-state index contributed by atoms with van der Waals surface area (Å²) in [6.07, 6.45) is -4.87. The summed E-state index contributed by atoms with van der Waals surface area (Å²) in [5, 5.41) is 19.9. The summed E-state index contributed by atoms with van der Waals surface area (Å²) in [6, 6.07) is 2.01. The Kier molecular flexibility index (Phi) is 5.03. The summed E-state index contributed by atoms with van der Waals surface area (Å²) in [4.78, 5) is 20.9. The van der Waals surface area contributed by atoms with Gasteiger partial charge in [0, 0.05) is 25.2 Å². The zero-order valence-corrected chi connectivity index (χ0v) is 14.5. The highest BCUT2D eigenvalue weighted by atomic mass is 32.2. The molecule has 1 aliphatic rings. The van der Waals surface area contributed by atoms with Crippen LogP contribution in [0.25, 0.3) is 0 Å². The minimum absolute atomic E-state index is 0.000895. The summed E-state index contributed by atoms with van der Waals surface area (Å²) in [6.45, 7) is 0.744. The number of non-ortho nitro benzene ring substituents is 1. The van der Waals surface area contributed by atoms with Crippen LogP contribution >= 0.6 is 0 Å². The maximum Gasteiger partial charge on any atom is 0.393 e. The monoisotopic (exact) mass is 396 g/mol. The number of hydrogen-bond acceptors (Lipinski definition) is 5. The lowest BCUT2D eigenvalue weighted by atomic mass is 9.96. The standard InChI is InChI=1S/C14H15F3N2O6S/c1-7-3-9(19(22)23)4-8(2)12(7)26(24,25)18-5-10(13(20)21)11(6-18)14(15,16)17/h3-4,10-11H,5-6H2,1-2H3,(H,20,21)/t10-,11-/m1/s1. The van der Waals surface area contributed by atoms with Crippen molar-refractivity contribution in [3.63, 3.8) is 0 Å². The molecule has 2 rings (SSSR count). The molecule has 0 spiro atoms. The molecule has 1 aliphatic heterocycles. The van der Waals surface area contributed by atoms with E-state index in [-0.39, 0.29) is 21.7 Å². The van der Waals surface area contributed by atoms with Gasteiger partial charge in [-0.1, -0.05) is 0 Å². The first kappa shape index (κ1) is 20.1. The van der Waals surface area contributed by atoms with E-state index in [0.29, 0.717) is 4.31 Å². The number of aliphatic carboxylic acids is 1. The number of carboxylic acids is 1. The fourth-order valence-corrected chi connectivity index (χ4v) is 5.02. The number of alkyl halides is 3. The minimum Gasteiger partial charge on any atom is -0.481 e. The van der Waals surface area contributed by atoms with Crippen LogP contribution in [0, 0.1) is 35.8 Å². The topological polar surface area (TPSA) is 118 Å². The van der Waals surface area contributed by atoms with Crippen molar-refractivity contribution in [1.82, 2.24) is 4.31 Å². The molecule has 12 heteroatoms. The molecule has 0 radical (unpaired) electrons. The quantitative estimate of drug-likeness (QED) is 0.615. The predicted octanol–water partition coefficient (Wildman–Crippen LogP) is 2.10. The fourth-order valence-electron chi connectivity index (χ4n) is 3.11. The molecular weight excluding hydrogens is 381 g/mol. The SMILES string of the molecule is Cc1cc([N+](=O)[O-])cc(C)c1S(=O)(=O)N1C[C@@H](C(F)(F)F)[C@H](C(=O)O)C1. The predicted molar refractivity (Wildman–Crippen MR) is 82.0 cm³/mol. The second kappa shape index (κ2) is 6.50. The molecule has 1 heterocycles. The molecule has 26 heavy (non-hydrogen) atoms. The van der Waals surface area contributed by atoms with Crippen molar-refractivity contribution in [1.29, 1.82) is 0 Å². The average molecular weight is 396 g/mol. The van der Waals surface area contributed by atoms with Gasteiger partial charge in [0.05, 0.1) is 21.7 Å². The van der Waals surface area contributed by atoms with Gasteiger partial charge < -0.3 is 5.11 Å². The number of hydrogen-bond donors (Lipinski definition) is 1. The minimum atomic E-state index is -4.87. The number of nitro benzene ring substituents is 1. The van der Waals surface area contributed by atoms with Crippen LogP contribution in [0.5, 0.6) is 0 Å². The first-order chi connectivity index (χ1) is 11.8. The smallest absolute Gasteiger partial charge is 0.393 e. The molecule has 144 valence electrons. The first-order valence-corrected chi connectivity index (χ1v) is 8.76. The average Bonchev–Trinajstić information content (AvgIpc) is 2.92. The lowest BCUT2D eigenvalue weighted by Gasteiger charge is -2.20. The number of nitrogens with zero attached hydrogens (tertiary/aromatic N) is 2. The van der Waals surface area contributed by atoms with Gasteiger partial charge in [0.2, 0.25) is 10.0 Å². The van der Waals surface area contributed by atoms with Crippen LogP contribution < -0.4 is 0 Å². The number of halogens is 3. The van der Waals surface area contributed by atoms with Gasteiger partial charge in [0.25, 0.3) is 5.69 Å². The van der Waals surface area contributed by atoms with Crippen molar-refractivity contribution in [3.05, 3.63) is 33.4 Å². The molecule has 0 amide bonds. The molecule has 1 N–H and O–H groups in total. The van der Waals surface area contributed by atoms with Crippen LogP contribution in [0.3, 0.4) is 0 Å². The zero-order chi connectivity index (χ0) is 20.0. The second-order valence-corrected chi connectivity index (χ2v) is 7.96. The largest absolute Gasteiger partial charge is 0.481 e. The number of rotatable bonds is 4. The van der Waals surface area contributed by atoms with Gasteiger partial charge in [0.15, 0.2) is 0 Å². The van der Waals surface area contributed by atoms with E-state index < -0.39 is 52.0 Å². The maximum absolute atomic E-state index is 13.1. The normalized spacial score (nSPS) is 21.7. The number of sulfonamides is 1. The van der Waals surface area contributed by atoms with E-state index >= 15 is 0 Å². The van der Waals surface area contributed by atoms with Gasteiger partial charge >= 0.3 is 12.1 Å². The van der Waals surface area contributed by atoms with Gasteiger partial charge in [-0.15, -0.1) is 0 Å². The van der Waals surface area contributed by atoms with Crippen LogP contribution in [0.4, 0.5) is 18.9 Å². The van der Waals surface area contributed by atoms with E-state index in [2.05, 4.69) is 0 Å². The molecule has 0 saturated carbocycles. The Morgan fingerprint density at radius 1 is 1.27 bits per heavy atom. The Bertz CT molecular complexity index is 845. The first-order valence-electron chi connectivity index (χ1n) is 7.32. The van der Waals surface area contributed by atoms with Crippen molar-refractivity contribution in [2.45, 2.75) is 24.9 Å². The van der Waals surface area contributed by atoms with Crippen LogP contribution in [0.1, 0.15) is 11.1 Å². The third-order valence-electron chi connectivity index (χ3n) is 4.28. The molecular formula is C14H15F3N2O6S. The number of carbonyl (C=O) groups is 1. The summed E-state index contributed by atoms with van der Waals surface area (Å²) < 4.78 is 65.3. The molecule has 1 fully saturated rings. The second-order valence-electron chi connectivity index (χ2n) is 6.08. The lowest BCUT2D eigenvalue weighted by Crippen LogP contribution is -2.34. The van der Waals surface area contributed by atoms with Gasteiger partial charge in [-0.25, -0.2) is 8.42 Å². The summed E-state index contributed by atoms with van der Waals surface area (Å²) in [5.74, 6) is -5.97. The Hall–Kier alpha value is -2.21. The van der Waals surface area contributed by atoms with Crippen LogP contribution in [0.2, 0.25) is 0 Å². The Morgan fingerprint density at radius 3 is 2.12 bits per heavy atom. The molecule has 2 atom stereocenters. The van der Waals surface area contributed by atoms with Gasteiger partial charge in [-0.05, 0) is 25.0 Å². The molecule has 1 aromatic carbocycles. The highest BCUT2D eigenvalue weighted by Gasteiger charge is 2.55. The zero-order valence-electron chi connectivity index (χ0n) is 13.6. The van der Waals surface area contributed by atoms with Gasteiger partial charge in [-0.3, -0.25) is 14.9 Å². The van der Waals surface area contributed by atoms with E-state index in [4.69, 9.17) is 5.11 Å². The molecule has 1 aromatic rings. The lowest BCUT2D eigenvalue weighted by molar-refractivity contribution is -0.385. The molecule has 0 unspecified atom stereocenters. The Balaban J connectivity index is 2.49. The number of benzene rings is 1. The fraction of sp³-hybridized carbons (Fsp3) is 0.500. The molecule has 0 aromatic heterocycles. The van der Waals surface area contributed by atoms with E-state index in [1.807, 2.05) is 0 Å². The van der Waals surface area contributed by atoms with E-state index in [1.54, 1.807) is 0 Å². The molecule has 8 nitrogen and oxygen atoms in total. The Labute approximate surface area is 146 Å². The summed E-state index contributed by atoms with van der Waals surface area (Å²) in [7, 11) is -4.45. The third kappa shape index (κ3) is 3.51. The van der Waals surface area contributed by atoms with E-state index in [1.165, 1.54) is 13.8 Å². The third-order valence-corrected chi connectivity index (χ3v) is 6.42. The highest BCUT2D eigenvalue weighted by molar-refractivity contribution is 7.89. The molecule has 1 saturated heterocycles. The van der Waals surface area contributed by atoms with Crippen LogP contribution in [0.15, 0.2) is 17.0 Å². The van der Waals surface area contributed by atoms with Crippen molar-refractivity contribution in [2.24, 2.45) is 11.8 Å². The van der Waals surface area contributed by atoms with Gasteiger partial charge in [0.1, 0.15) is 0 Å². The van der Waals surface area contributed by atoms with Crippen LogP contribution in [-0.4, -0.2) is 48.0 Å². The van der Waals surface area contributed by atoms with Crippen molar-refractivity contribution < 1.29 is 36.4 Å². The van der Waals surface area contributed by atoms with Crippen molar-refractivity contribution >= 4 is 21.7 Å². The number of nitro groups is 1.